The van der Waals surface area contributed by atoms with E-state index in [9.17, 15) is 16.8 Å². The first-order chi connectivity index (χ1) is 11.1. The van der Waals surface area contributed by atoms with Crippen LogP contribution in [0.1, 0.15) is 0 Å². The summed E-state index contributed by atoms with van der Waals surface area (Å²) in [6, 6.07) is 12.1. The van der Waals surface area contributed by atoms with Crippen LogP contribution in [0.3, 0.4) is 0 Å². The van der Waals surface area contributed by atoms with Crippen LogP contribution in [0, 0.1) is 0 Å². The zero-order valence-corrected chi connectivity index (χ0v) is 15.1. The van der Waals surface area contributed by atoms with Crippen LogP contribution in [0.2, 0.25) is 0 Å². The van der Waals surface area contributed by atoms with Crippen LogP contribution in [0.5, 0.6) is 5.75 Å². The molecule has 2 aromatic rings. The topological polar surface area (TPSA) is 92.8 Å². The van der Waals surface area contributed by atoms with Gasteiger partial charge in [-0.25, -0.2) is 16.8 Å². The maximum absolute atomic E-state index is 12.6. The molecule has 24 heavy (non-hydrogen) atoms. The predicted octanol–water partition coefficient (Wildman–Crippen LogP) is 1.89. The van der Waals surface area contributed by atoms with E-state index in [1.165, 1.54) is 38.4 Å². The summed E-state index contributed by atoms with van der Waals surface area (Å²) in [5, 5.41) is 0. The SMILES string of the molecule is COc1ccc(N(C)S(=O)(=O)c2ccc(NS(C)(=O)=O)cc2)cc1. The summed E-state index contributed by atoms with van der Waals surface area (Å²) in [6.07, 6.45) is 1.02. The molecular formula is C15H18N2O5S2. The molecule has 0 aliphatic carbocycles. The van der Waals surface area contributed by atoms with Gasteiger partial charge in [-0.1, -0.05) is 0 Å². The first-order valence-corrected chi connectivity index (χ1v) is 10.2. The molecule has 0 bridgehead atoms. The number of benzene rings is 2. The fourth-order valence-corrected chi connectivity index (χ4v) is 3.76. The highest BCUT2D eigenvalue weighted by Gasteiger charge is 2.21. The van der Waals surface area contributed by atoms with Crippen molar-refractivity contribution in [2.24, 2.45) is 0 Å². The predicted molar refractivity (Wildman–Crippen MR) is 93.5 cm³/mol. The third-order valence-corrected chi connectivity index (χ3v) is 5.66. The first-order valence-electron chi connectivity index (χ1n) is 6.84. The lowest BCUT2D eigenvalue weighted by Crippen LogP contribution is -2.26. The van der Waals surface area contributed by atoms with Crippen molar-refractivity contribution < 1.29 is 21.6 Å². The van der Waals surface area contributed by atoms with E-state index < -0.39 is 20.0 Å². The Bertz CT molecular complexity index is 905. The Balaban J connectivity index is 2.28. The summed E-state index contributed by atoms with van der Waals surface area (Å²) in [5.74, 6) is 0.626. The van der Waals surface area contributed by atoms with Crippen molar-refractivity contribution in [3.05, 3.63) is 48.5 Å². The van der Waals surface area contributed by atoms with E-state index in [1.54, 1.807) is 24.3 Å². The van der Waals surface area contributed by atoms with E-state index in [4.69, 9.17) is 4.74 Å². The van der Waals surface area contributed by atoms with Crippen LogP contribution in [-0.4, -0.2) is 37.2 Å². The van der Waals surface area contributed by atoms with E-state index in [2.05, 4.69) is 4.72 Å². The lowest BCUT2D eigenvalue weighted by molar-refractivity contribution is 0.415. The molecule has 0 amide bonds. The lowest BCUT2D eigenvalue weighted by Gasteiger charge is -2.20. The lowest BCUT2D eigenvalue weighted by atomic mass is 10.3. The number of ether oxygens (including phenoxy) is 1. The number of nitrogens with one attached hydrogen (secondary N) is 1. The second-order valence-electron chi connectivity index (χ2n) is 5.07. The van der Waals surface area contributed by atoms with Gasteiger partial charge in [-0.2, -0.15) is 0 Å². The van der Waals surface area contributed by atoms with E-state index >= 15 is 0 Å². The van der Waals surface area contributed by atoms with Gasteiger partial charge in [-0.15, -0.1) is 0 Å². The van der Waals surface area contributed by atoms with Crippen LogP contribution in [0.25, 0.3) is 0 Å². The summed E-state index contributed by atoms with van der Waals surface area (Å²) in [4.78, 5) is 0.0554. The largest absolute Gasteiger partial charge is 0.497 e. The Labute approximate surface area is 142 Å². The molecule has 0 spiro atoms. The maximum atomic E-state index is 12.6. The highest BCUT2D eigenvalue weighted by Crippen LogP contribution is 2.25. The minimum atomic E-state index is -3.76. The number of rotatable bonds is 6. The Morgan fingerprint density at radius 1 is 0.917 bits per heavy atom. The average Bonchev–Trinajstić information content (AvgIpc) is 2.53. The van der Waals surface area contributed by atoms with Gasteiger partial charge >= 0.3 is 0 Å². The molecule has 0 saturated heterocycles. The Hall–Kier alpha value is -2.26. The highest BCUT2D eigenvalue weighted by molar-refractivity contribution is 7.93. The van der Waals surface area contributed by atoms with E-state index in [0.29, 0.717) is 17.1 Å². The van der Waals surface area contributed by atoms with Crippen LogP contribution in [-0.2, 0) is 20.0 Å². The van der Waals surface area contributed by atoms with Gasteiger partial charge in [-0.05, 0) is 48.5 Å². The van der Waals surface area contributed by atoms with Crippen molar-refractivity contribution in [2.45, 2.75) is 4.90 Å². The quantitative estimate of drug-likeness (QED) is 0.838. The molecule has 9 heteroatoms. The van der Waals surface area contributed by atoms with Crippen LogP contribution in [0.4, 0.5) is 11.4 Å². The third-order valence-electron chi connectivity index (χ3n) is 3.25. The smallest absolute Gasteiger partial charge is 0.264 e. The molecular weight excluding hydrogens is 352 g/mol. The second kappa shape index (κ2) is 6.70. The zero-order chi connectivity index (χ0) is 18.0. The number of hydrogen-bond donors (Lipinski definition) is 1. The standard InChI is InChI=1S/C15H18N2O5S2/c1-17(13-6-8-14(22-2)9-7-13)24(20,21)15-10-4-12(5-11-15)16-23(3,18)19/h4-11,16H,1-3H3. The normalized spacial score (nSPS) is 11.8. The minimum Gasteiger partial charge on any atom is -0.497 e. The fourth-order valence-electron chi connectivity index (χ4n) is 2.00. The molecule has 1 N–H and O–H groups in total. The van der Waals surface area contributed by atoms with Crippen molar-refractivity contribution in [2.75, 3.05) is 29.4 Å². The molecule has 0 aliphatic heterocycles. The molecule has 0 saturated carbocycles. The maximum Gasteiger partial charge on any atom is 0.264 e. The molecule has 2 rings (SSSR count). The Morgan fingerprint density at radius 3 is 1.92 bits per heavy atom. The molecule has 0 radical (unpaired) electrons. The van der Waals surface area contributed by atoms with E-state index in [1.807, 2.05) is 0 Å². The molecule has 0 atom stereocenters. The van der Waals surface area contributed by atoms with Crippen LogP contribution >= 0.6 is 0 Å². The molecule has 7 nitrogen and oxygen atoms in total. The van der Waals surface area contributed by atoms with Crippen molar-refractivity contribution in [1.29, 1.82) is 0 Å². The van der Waals surface area contributed by atoms with Gasteiger partial charge < -0.3 is 4.74 Å². The Morgan fingerprint density at radius 2 is 1.46 bits per heavy atom. The van der Waals surface area contributed by atoms with Crippen LogP contribution in [0.15, 0.2) is 53.4 Å². The number of methoxy groups -OCH3 is 1. The zero-order valence-electron chi connectivity index (χ0n) is 13.4. The van der Waals surface area contributed by atoms with Gasteiger partial charge in [0.2, 0.25) is 10.0 Å². The van der Waals surface area contributed by atoms with Gasteiger partial charge in [0.05, 0.1) is 23.9 Å². The highest BCUT2D eigenvalue weighted by atomic mass is 32.2. The van der Waals surface area contributed by atoms with Gasteiger partial charge in [0.15, 0.2) is 0 Å². The van der Waals surface area contributed by atoms with Gasteiger partial charge in [0, 0.05) is 12.7 Å². The second-order valence-corrected chi connectivity index (χ2v) is 8.79. The summed E-state index contributed by atoms with van der Waals surface area (Å²) < 4.78 is 56.1. The molecule has 0 heterocycles. The fraction of sp³-hybridized carbons (Fsp3) is 0.200. The summed E-state index contributed by atoms with van der Waals surface area (Å²) >= 11 is 0. The number of nitrogens with zero attached hydrogens (tertiary/aromatic N) is 1. The Kier molecular flexibility index (Phi) is 5.05. The molecule has 130 valence electrons. The number of sulfonamides is 2. The molecule has 0 aliphatic rings. The van der Waals surface area contributed by atoms with Gasteiger partial charge in [0.1, 0.15) is 5.75 Å². The third kappa shape index (κ3) is 4.18. The number of anilines is 2. The van der Waals surface area contributed by atoms with Crippen molar-refractivity contribution in [3.63, 3.8) is 0 Å². The van der Waals surface area contributed by atoms with Gasteiger partial charge in [-0.3, -0.25) is 9.03 Å². The summed E-state index contributed by atoms with van der Waals surface area (Å²) in [7, 11) is -4.20. The monoisotopic (exact) mass is 370 g/mol. The van der Waals surface area contributed by atoms with Crippen molar-refractivity contribution in [3.8, 4) is 5.75 Å². The molecule has 2 aromatic carbocycles. The van der Waals surface area contributed by atoms with Crippen molar-refractivity contribution >= 4 is 31.4 Å². The molecule has 0 fully saturated rings. The van der Waals surface area contributed by atoms with Crippen LogP contribution < -0.4 is 13.8 Å². The van der Waals surface area contributed by atoms with E-state index in [0.717, 1.165) is 10.6 Å². The summed E-state index contributed by atoms with van der Waals surface area (Å²) in [6.45, 7) is 0. The van der Waals surface area contributed by atoms with Crippen molar-refractivity contribution in [1.82, 2.24) is 0 Å². The number of hydrogen-bond acceptors (Lipinski definition) is 5. The minimum absolute atomic E-state index is 0.0554. The van der Waals surface area contributed by atoms with Gasteiger partial charge in [0.25, 0.3) is 10.0 Å². The average molecular weight is 370 g/mol. The first kappa shape index (κ1) is 18.1. The summed E-state index contributed by atoms with van der Waals surface area (Å²) in [5.41, 5.74) is 0.776. The van der Waals surface area contributed by atoms with E-state index in [-0.39, 0.29) is 4.90 Å². The molecule has 0 unspecified atom stereocenters. The molecule has 0 aromatic heterocycles.